The highest BCUT2D eigenvalue weighted by molar-refractivity contribution is 6.31. The Hall–Kier alpha value is -2.07. The van der Waals surface area contributed by atoms with Gasteiger partial charge in [-0.25, -0.2) is 4.39 Å². The SMILES string of the molecule is CN(Cc1ccc(N2CCCCC2)cc1)C(=O)Cc1c(F)cccc1Cl. The molecule has 0 radical (unpaired) electrons. The van der Waals surface area contributed by atoms with Crippen molar-refractivity contribution in [3.05, 3.63) is 64.4 Å². The minimum Gasteiger partial charge on any atom is -0.372 e. The summed E-state index contributed by atoms with van der Waals surface area (Å²) in [7, 11) is 1.73. The predicted octanol–water partition coefficient (Wildman–Crippen LogP) is 4.67. The smallest absolute Gasteiger partial charge is 0.227 e. The molecule has 2 aromatic rings. The van der Waals surface area contributed by atoms with Crippen molar-refractivity contribution in [2.24, 2.45) is 0 Å². The molecule has 0 bridgehead atoms. The maximum Gasteiger partial charge on any atom is 0.227 e. The van der Waals surface area contributed by atoms with Gasteiger partial charge in [0, 0.05) is 43.0 Å². The highest BCUT2D eigenvalue weighted by Crippen LogP contribution is 2.22. The van der Waals surface area contributed by atoms with Crippen molar-refractivity contribution in [3.8, 4) is 0 Å². The second-order valence-electron chi connectivity index (χ2n) is 6.84. The fourth-order valence-electron chi connectivity index (χ4n) is 3.31. The Balaban J connectivity index is 1.60. The second-order valence-corrected chi connectivity index (χ2v) is 7.25. The Kier molecular flexibility index (Phi) is 6.15. The summed E-state index contributed by atoms with van der Waals surface area (Å²) in [6.07, 6.45) is 3.77. The number of carbonyl (C=O) groups is 1. The van der Waals surface area contributed by atoms with Gasteiger partial charge in [-0.1, -0.05) is 29.8 Å². The Morgan fingerprint density at radius 2 is 1.81 bits per heavy atom. The third-order valence-corrected chi connectivity index (χ3v) is 5.25. The molecule has 0 spiro atoms. The summed E-state index contributed by atoms with van der Waals surface area (Å²) in [6.45, 7) is 2.72. The summed E-state index contributed by atoms with van der Waals surface area (Å²) in [5, 5.41) is 0.289. The molecule has 5 heteroatoms. The van der Waals surface area contributed by atoms with Crippen LogP contribution in [0, 0.1) is 5.82 Å². The summed E-state index contributed by atoms with van der Waals surface area (Å²) >= 11 is 6.01. The van der Waals surface area contributed by atoms with Crippen LogP contribution in [0.2, 0.25) is 5.02 Å². The first-order chi connectivity index (χ1) is 12.5. The number of hydrogen-bond donors (Lipinski definition) is 0. The number of piperidine rings is 1. The number of hydrogen-bond acceptors (Lipinski definition) is 2. The number of halogens is 2. The van der Waals surface area contributed by atoms with Crippen molar-refractivity contribution < 1.29 is 9.18 Å². The van der Waals surface area contributed by atoms with Gasteiger partial charge >= 0.3 is 0 Å². The molecule has 138 valence electrons. The number of benzene rings is 2. The molecular formula is C21H24ClFN2O. The highest BCUT2D eigenvalue weighted by Gasteiger charge is 2.16. The van der Waals surface area contributed by atoms with E-state index in [1.165, 1.54) is 31.0 Å². The summed E-state index contributed by atoms with van der Waals surface area (Å²) in [5.41, 5.74) is 2.55. The van der Waals surface area contributed by atoms with E-state index in [4.69, 9.17) is 11.6 Å². The van der Waals surface area contributed by atoms with Gasteiger partial charge in [0.05, 0.1) is 6.42 Å². The molecule has 0 N–H and O–H groups in total. The maximum atomic E-state index is 13.9. The fraction of sp³-hybridized carbons (Fsp3) is 0.381. The van der Waals surface area contributed by atoms with Crippen LogP contribution in [0.25, 0.3) is 0 Å². The molecule has 0 unspecified atom stereocenters. The number of anilines is 1. The van der Waals surface area contributed by atoms with Gasteiger partial charge in [0.25, 0.3) is 0 Å². The molecule has 3 nitrogen and oxygen atoms in total. The monoisotopic (exact) mass is 374 g/mol. The van der Waals surface area contributed by atoms with Gasteiger partial charge in [-0.05, 0) is 49.1 Å². The van der Waals surface area contributed by atoms with E-state index in [-0.39, 0.29) is 22.9 Å². The lowest BCUT2D eigenvalue weighted by Gasteiger charge is -2.29. The number of nitrogens with zero attached hydrogens (tertiary/aromatic N) is 2. The lowest BCUT2D eigenvalue weighted by atomic mass is 10.1. The van der Waals surface area contributed by atoms with Crippen LogP contribution in [0.1, 0.15) is 30.4 Å². The van der Waals surface area contributed by atoms with E-state index in [1.54, 1.807) is 24.1 Å². The number of carbonyl (C=O) groups excluding carboxylic acids is 1. The molecule has 1 heterocycles. The molecule has 1 aliphatic heterocycles. The summed E-state index contributed by atoms with van der Waals surface area (Å²) in [4.78, 5) is 16.4. The zero-order valence-electron chi connectivity index (χ0n) is 15.0. The largest absolute Gasteiger partial charge is 0.372 e. The third kappa shape index (κ3) is 4.55. The van der Waals surface area contributed by atoms with Crippen LogP contribution in [0.4, 0.5) is 10.1 Å². The van der Waals surface area contributed by atoms with Crippen molar-refractivity contribution in [1.29, 1.82) is 0 Å². The minimum atomic E-state index is -0.440. The minimum absolute atomic E-state index is 0.0339. The molecular weight excluding hydrogens is 351 g/mol. The van der Waals surface area contributed by atoms with Crippen LogP contribution in [-0.4, -0.2) is 30.9 Å². The maximum absolute atomic E-state index is 13.9. The zero-order valence-corrected chi connectivity index (χ0v) is 15.8. The van der Waals surface area contributed by atoms with E-state index >= 15 is 0 Å². The number of amides is 1. The average Bonchev–Trinajstić information content (AvgIpc) is 2.66. The molecule has 0 atom stereocenters. The molecule has 3 rings (SSSR count). The van der Waals surface area contributed by atoms with Crippen molar-refractivity contribution in [2.45, 2.75) is 32.2 Å². The van der Waals surface area contributed by atoms with Gasteiger partial charge in [-0.15, -0.1) is 0 Å². The zero-order chi connectivity index (χ0) is 18.5. The van der Waals surface area contributed by atoms with Gasteiger partial charge in [0.1, 0.15) is 5.82 Å². The molecule has 2 aromatic carbocycles. The molecule has 1 amide bonds. The number of likely N-dealkylation sites (N-methyl/N-ethyl adjacent to an activating group) is 1. The van der Waals surface area contributed by atoms with Crippen molar-refractivity contribution >= 4 is 23.2 Å². The van der Waals surface area contributed by atoms with Crippen molar-refractivity contribution in [2.75, 3.05) is 25.0 Å². The Bertz CT molecular complexity index is 737. The molecule has 1 fully saturated rings. The second kappa shape index (κ2) is 8.54. The van der Waals surface area contributed by atoms with Crippen molar-refractivity contribution in [3.63, 3.8) is 0 Å². The first kappa shape index (κ1) is 18.7. The Labute approximate surface area is 159 Å². The standard InChI is InChI=1S/C21H24ClFN2O/c1-24(21(26)14-18-19(22)6-5-7-20(18)23)15-16-8-10-17(11-9-16)25-12-3-2-4-13-25/h5-11H,2-4,12-15H2,1H3. The van der Waals surface area contributed by atoms with Gasteiger partial charge in [-0.2, -0.15) is 0 Å². The lowest BCUT2D eigenvalue weighted by molar-refractivity contribution is -0.129. The van der Waals surface area contributed by atoms with Gasteiger partial charge in [0.15, 0.2) is 0 Å². The molecule has 0 aromatic heterocycles. The highest BCUT2D eigenvalue weighted by atomic mass is 35.5. The topological polar surface area (TPSA) is 23.6 Å². The van der Waals surface area contributed by atoms with Gasteiger partial charge < -0.3 is 9.80 Å². The molecule has 0 aliphatic carbocycles. The molecule has 1 saturated heterocycles. The molecule has 26 heavy (non-hydrogen) atoms. The van der Waals surface area contributed by atoms with E-state index in [1.807, 2.05) is 0 Å². The fourth-order valence-corrected chi connectivity index (χ4v) is 3.54. The van der Waals surface area contributed by atoms with E-state index < -0.39 is 5.82 Å². The molecule has 0 saturated carbocycles. The first-order valence-corrected chi connectivity index (χ1v) is 9.43. The van der Waals surface area contributed by atoms with Crippen LogP contribution < -0.4 is 4.90 Å². The van der Waals surface area contributed by atoms with Gasteiger partial charge in [0.2, 0.25) is 5.91 Å². The van der Waals surface area contributed by atoms with Crippen LogP contribution in [0.15, 0.2) is 42.5 Å². The Morgan fingerprint density at radius 3 is 2.46 bits per heavy atom. The van der Waals surface area contributed by atoms with Gasteiger partial charge in [-0.3, -0.25) is 4.79 Å². The number of rotatable bonds is 5. The van der Waals surface area contributed by atoms with E-state index in [0.29, 0.717) is 6.54 Å². The van der Waals surface area contributed by atoms with E-state index in [9.17, 15) is 9.18 Å². The van der Waals surface area contributed by atoms with E-state index in [0.717, 1.165) is 18.7 Å². The first-order valence-electron chi connectivity index (χ1n) is 9.05. The lowest BCUT2D eigenvalue weighted by Crippen LogP contribution is -2.29. The van der Waals surface area contributed by atoms with Crippen LogP contribution >= 0.6 is 11.6 Å². The average molecular weight is 375 g/mol. The normalized spacial score (nSPS) is 14.3. The van der Waals surface area contributed by atoms with Crippen LogP contribution in [0.5, 0.6) is 0 Å². The van der Waals surface area contributed by atoms with Crippen LogP contribution in [-0.2, 0) is 17.8 Å². The molecule has 1 aliphatic rings. The quantitative estimate of drug-likeness (QED) is 0.759. The summed E-state index contributed by atoms with van der Waals surface area (Å²) < 4.78 is 13.9. The summed E-state index contributed by atoms with van der Waals surface area (Å²) in [6, 6.07) is 12.8. The Morgan fingerprint density at radius 1 is 1.12 bits per heavy atom. The summed E-state index contributed by atoms with van der Waals surface area (Å²) in [5.74, 6) is -0.595. The predicted molar refractivity (Wildman–Crippen MR) is 104 cm³/mol. The third-order valence-electron chi connectivity index (χ3n) is 4.89. The van der Waals surface area contributed by atoms with Crippen LogP contribution in [0.3, 0.4) is 0 Å². The van der Waals surface area contributed by atoms with Crippen molar-refractivity contribution in [1.82, 2.24) is 4.90 Å². The van der Waals surface area contributed by atoms with E-state index in [2.05, 4.69) is 29.2 Å².